The molecule has 0 saturated heterocycles. The highest BCUT2D eigenvalue weighted by molar-refractivity contribution is 5.77. The van der Waals surface area contributed by atoms with Crippen molar-refractivity contribution in [1.29, 1.82) is 0 Å². The normalized spacial score (nSPS) is 11.1. The van der Waals surface area contributed by atoms with Crippen molar-refractivity contribution < 1.29 is 18.3 Å². The molecule has 1 amide bonds. The summed E-state index contributed by atoms with van der Waals surface area (Å²) >= 11 is 0. The van der Waals surface area contributed by atoms with Crippen LogP contribution in [0.1, 0.15) is 5.56 Å². The predicted molar refractivity (Wildman–Crippen MR) is 87.7 cm³/mol. The molecule has 0 fully saturated rings. The SMILES string of the molecule is Cn1ncc2c(=O)n(CC(=O)NCc3ccccc3OC(F)F)cnc21. The standard InChI is InChI=1S/C16H15F2N5O3/c1-22-14-11(7-21-22)15(25)23(9-20-14)8-13(24)19-6-10-4-2-3-5-12(10)26-16(17)18/h2-5,7,9,16H,6,8H2,1H3,(H,19,24). The second kappa shape index (κ2) is 7.30. The summed E-state index contributed by atoms with van der Waals surface area (Å²) < 4.78 is 31.8. The number of rotatable bonds is 6. The number of para-hydroxylation sites is 1. The van der Waals surface area contributed by atoms with Gasteiger partial charge < -0.3 is 10.1 Å². The third kappa shape index (κ3) is 3.68. The van der Waals surface area contributed by atoms with Gasteiger partial charge in [0.1, 0.15) is 24.0 Å². The third-order valence-corrected chi connectivity index (χ3v) is 3.70. The van der Waals surface area contributed by atoms with E-state index in [2.05, 4.69) is 20.1 Å². The first-order valence-electron chi connectivity index (χ1n) is 7.62. The summed E-state index contributed by atoms with van der Waals surface area (Å²) in [5.74, 6) is -0.484. The van der Waals surface area contributed by atoms with E-state index in [0.29, 0.717) is 16.6 Å². The second-order valence-corrected chi connectivity index (χ2v) is 5.45. The zero-order valence-electron chi connectivity index (χ0n) is 13.7. The van der Waals surface area contributed by atoms with E-state index in [1.54, 1.807) is 25.2 Å². The number of aryl methyl sites for hydroxylation is 1. The summed E-state index contributed by atoms with van der Waals surface area (Å²) in [5, 5.41) is 6.82. The minimum atomic E-state index is -2.96. The van der Waals surface area contributed by atoms with E-state index in [9.17, 15) is 18.4 Å². The number of benzene rings is 1. The monoisotopic (exact) mass is 363 g/mol. The minimum Gasteiger partial charge on any atom is -0.434 e. The highest BCUT2D eigenvalue weighted by atomic mass is 19.3. The maximum atomic E-state index is 12.4. The molecule has 2 aromatic heterocycles. The molecule has 136 valence electrons. The number of aromatic nitrogens is 4. The molecular formula is C16H15F2N5O3. The van der Waals surface area contributed by atoms with Crippen LogP contribution in [0.15, 0.2) is 41.6 Å². The molecule has 0 atom stereocenters. The van der Waals surface area contributed by atoms with Crippen molar-refractivity contribution in [3.05, 3.63) is 52.7 Å². The Hall–Kier alpha value is -3.30. The highest BCUT2D eigenvalue weighted by Crippen LogP contribution is 2.19. The Kier molecular flexibility index (Phi) is 4.92. The van der Waals surface area contributed by atoms with Crippen LogP contribution in [0.2, 0.25) is 0 Å². The van der Waals surface area contributed by atoms with Gasteiger partial charge in [0.15, 0.2) is 5.65 Å². The van der Waals surface area contributed by atoms with Gasteiger partial charge in [-0.05, 0) is 6.07 Å². The Labute approximate surface area is 146 Å². The number of carbonyl (C=O) groups is 1. The molecule has 0 aliphatic heterocycles. The number of nitrogens with zero attached hydrogens (tertiary/aromatic N) is 4. The number of halogens is 2. The van der Waals surface area contributed by atoms with Crippen molar-refractivity contribution in [2.75, 3.05) is 0 Å². The summed E-state index contributed by atoms with van der Waals surface area (Å²) in [4.78, 5) is 28.5. The van der Waals surface area contributed by atoms with Crippen LogP contribution in [-0.4, -0.2) is 31.9 Å². The lowest BCUT2D eigenvalue weighted by Gasteiger charge is -2.11. The van der Waals surface area contributed by atoms with Gasteiger partial charge >= 0.3 is 6.61 Å². The first-order chi connectivity index (χ1) is 12.5. The molecule has 0 radical (unpaired) electrons. The van der Waals surface area contributed by atoms with Gasteiger partial charge in [-0.1, -0.05) is 18.2 Å². The Morgan fingerprint density at radius 1 is 1.35 bits per heavy atom. The van der Waals surface area contributed by atoms with Crippen LogP contribution in [-0.2, 0) is 24.9 Å². The Morgan fingerprint density at radius 2 is 2.12 bits per heavy atom. The van der Waals surface area contributed by atoms with Crippen LogP contribution in [0.4, 0.5) is 8.78 Å². The van der Waals surface area contributed by atoms with E-state index in [0.717, 1.165) is 4.57 Å². The average molecular weight is 363 g/mol. The number of amides is 1. The zero-order chi connectivity index (χ0) is 18.7. The van der Waals surface area contributed by atoms with Crippen molar-refractivity contribution >= 4 is 16.9 Å². The Morgan fingerprint density at radius 3 is 2.88 bits per heavy atom. The van der Waals surface area contributed by atoms with Crippen LogP contribution >= 0.6 is 0 Å². The maximum Gasteiger partial charge on any atom is 0.387 e. The largest absolute Gasteiger partial charge is 0.434 e. The van der Waals surface area contributed by atoms with Crippen LogP contribution in [0.25, 0.3) is 11.0 Å². The molecule has 3 aromatic rings. The summed E-state index contributed by atoms with van der Waals surface area (Å²) in [6, 6.07) is 6.15. The molecule has 10 heteroatoms. The maximum absolute atomic E-state index is 12.4. The van der Waals surface area contributed by atoms with Gasteiger partial charge in [0, 0.05) is 19.2 Å². The summed E-state index contributed by atoms with van der Waals surface area (Å²) in [6.45, 7) is -3.23. The number of ether oxygens (including phenoxy) is 1. The minimum absolute atomic E-state index is 0.0148. The van der Waals surface area contributed by atoms with E-state index in [1.165, 1.54) is 23.3 Å². The fourth-order valence-corrected chi connectivity index (χ4v) is 2.44. The number of hydrogen-bond acceptors (Lipinski definition) is 5. The first kappa shape index (κ1) is 17.5. The van der Waals surface area contributed by atoms with E-state index < -0.39 is 12.5 Å². The van der Waals surface area contributed by atoms with Crippen LogP contribution < -0.4 is 15.6 Å². The lowest BCUT2D eigenvalue weighted by atomic mass is 10.2. The Balaban J connectivity index is 1.69. The van der Waals surface area contributed by atoms with Gasteiger partial charge in [0.2, 0.25) is 5.91 Å². The molecule has 2 heterocycles. The molecule has 1 N–H and O–H groups in total. The molecule has 0 spiro atoms. The van der Waals surface area contributed by atoms with Crippen molar-refractivity contribution in [2.45, 2.75) is 19.7 Å². The quantitative estimate of drug-likeness (QED) is 0.707. The predicted octanol–water partition coefficient (Wildman–Crippen LogP) is 1.05. The van der Waals surface area contributed by atoms with Gasteiger partial charge in [0.05, 0.1) is 6.20 Å². The van der Waals surface area contributed by atoms with Gasteiger partial charge in [-0.2, -0.15) is 13.9 Å². The highest BCUT2D eigenvalue weighted by Gasteiger charge is 2.12. The number of fused-ring (bicyclic) bond motifs is 1. The summed E-state index contributed by atoms with van der Waals surface area (Å²) in [5.41, 5.74) is 0.429. The number of hydrogen-bond donors (Lipinski definition) is 1. The van der Waals surface area contributed by atoms with Crippen LogP contribution in [0.5, 0.6) is 5.75 Å². The zero-order valence-corrected chi connectivity index (χ0v) is 13.7. The molecule has 0 unspecified atom stereocenters. The van der Waals surface area contributed by atoms with Gasteiger partial charge in [-0.3, -0.25) is 18.8 Å². The van der Waals surface area contributed by atoms with E-state index in [4.69, 9.17) is 0 Å². The van der Waals surface area contributed by atoms with Crippen molar-refractivity contribution in [2.24, 2.45) is 7.05 Å². The molecule has 0 aliphatic carbocycles. The molecule has 0 bridgehead atoms. The molecule has 8 nitrogen and oxygen atoms in total. The van der Waals surface area contributed by atoms with Gasteiger partial charge in [0.25, 0.3) is 5.56 Å². The molecule has 26 heavy (non-hydrogen) atoms. The third-order valence-electron chi connectivity index (χ3n) is 3.70. The van der Waals surface area contributed by atoms with E-state index >= 15 is 0 Å². The molecule has 3 rings (SSSR count). The number of carbonyl (C=O) groups excluding carboxylic acids is 1. The molecule has 1 aromatic carbocycles. The van der Waals surface area contributed by atoms with Gasteiger partial charge in [-0.15, -0.1) is 0 Å². The van der Waals surface area contributed by atoms with Crippen LogP contribution in [0, 0.1) is 0 Å². The smallest absolute Gasteiger partial charge is 0.387 e. The van der Waals surface area contributed by atoms with E-state index in [-0.39, 0.29) is 24.4 Å². The van der Waals surface area contributed by atoms with Crippen molar-refractivity contribution in [1.82, 2.24) is 24.6 Å². The summed E-state index contributed by atoms with van der Waals surface area (Å²) in [6.07, 6.45) is 2.65. The number of alkyl halides is 2. The van der Waals surface area contributed by atoms with Crippen molar-refractivity contribution in [3.63, 3.8) is 0 Å². The second-order valence-electron chi connectivity index (χ2n) is 5.45. The Bertz CT molecular complexity index is 999. The average Bonchev–Trinajstić information content (AvgIpc) is 2.98. The van der Waals surface area contributed by atoms with E-state index in [1.807, 2.05) is 0 Å². The first-order valence-corrected chi connectivity index (χ1v) is 7.62. The lowest BCUT2D eigenvalue weighted by molar-refractivity contribution is -0.121. The molecule has 0 aliphatic rings. The fourth-order valence-electron chi connectivity index (χ4n) is 2.44. The topological polar surface area (TPSA) is 91.0 Å². The lowest BCUT2D eigenvalue weighted by Crippen LogP contribution is -2.32. The van der Waals surface area contributed by atoms with Crippen LogP contribution in [0.3, 0.4) is 0 Å². The van der Waals surface area contributed by atoms with Crippen molar-refractivity contribution in [3.8, 4) is 5.75 Å². The molecular weight excluding hydrogens is 348 g/mol. The van der Waals surface area contributed by atoms with Gasteiger partial charge in [-0.25, -0.2) is 4.98 Å². The molecule has 0 saturated carbocycles. The fraction of sp³-hybridized carbons (Fsp3) is 0.250. The summed E-state index contributed by atoms with van der Waals surface area (Å²) in [7, 11) is 1.66. The number of nitrogens with one attached hydrogen (secondary N) is 1.